The minimum Gasteiger partial charge on any atom is -0.487 e. The molecule has 2 rings (SSSR count). The van der Waals surface area contributed by atoms with Gasteiger partial charge in [-0.1, -0.05) is 35.9 Å². The fraction of sp³-hybridized carbons (Fsp3) is 0.0769. The van der Waals surface area contributed by atoms with Gasteiger partial charge in [-0.15, -0.1) is 12.4 Å². The molecule has 4 heteroatoms. The highest BCUT2D eigenvalue weighted by molar-refractivity contribution is 6.32. The zero-order chi connectivity index (χ0) is 11.4. The highest BCUT2D eigenvalue weighted by Crippen LogP contribution is 2.24. The molecule has 0 aliphatic heterocycles. The average Bonchev–Trinajstić information content (AvgIpc) is 2.28. The van der Waals surface area contributed by atoms with Crippen LogP contribution in [0, 0.1) is 0 Å². The topological polar surface area (TPSA) is 35.2 Å². The first-order valence-corrected chi connectivity index (χ1v) is 5.35. The number of rotatable bonds is 3. The molecule has 2 nitrogen and oxygen atoms in total. The van der Waals surface area contributed by atoms with E-state index in [9.17, 15) is 0 Å². The lowest BCUT2D eigenvalue weighted by molar-refractivity contribution is 0.306. The summed E-state index contributed by atoms with van der Waals surface area (Å²) >= 11 is 5.97. The number of nitrogen functional groups attached to an aromatic ring is 1. The number of anilines is 1. The van der Waals surface area contributed by atoms with E-state index in [2.05, 4.69) is 0 Å². The highest BCUT2D eigenvalue weighted by Gasteiger charge is 2.00. The van der Waals surface area contributed by atoms with Crippen LogP contribution >= 0.6 is 24.0 Å². The van der Waals surface area contributed by atoms with Crippen molar-refractivity contribution in [2.24, 2.45) is 0 Å². The van der Waals surface area contributed by atoms with Gasteiger partial charge < -0.3 is 10.5 Å². The Morgan fingerprint density at radius 3 is 2.53 bits per heavy atom. The van der Waals surface area contributed by atoms with Crippen LogP contribution in [0.25, 0.3) is 0 Å². The van der Waals surface area contributed by atoms with Gasteiger partial charge in [0.05, 0.1) is 5.02 Å². The van der Waals surface area contributed by atoms with E-state index < -0.39 is 0 Å². The first kappa shape index (κ1) is 13.7. The van der Waals surface area contributed by atoms with Crippen LogP contribution < -0.4 is 10.5 Å². The Hall–Kier alpha value is -1.38. The SMILES string of the molecule is Cl.Nc1cccc(COc2ccccc2Cl)c1. The Morgan fingerprint density at radius 2 is 1.82 bits per heavy atom. The lowest BCUT2D eigenvalue weighted by atomic mass is 10.2. The Morgan fingerprint density at radius 1 is 1.06 bits per heavy atom. The average molecular weight is 270 g/mol. The van der Waals surface area contributed by atoms with E-state index in [4.69, 9.17) is 22.1 Å². The van der Waals surface area contributed by atoms with Crippen LogP contribution in [0.2, 0.25) is 5.02 Å². The quantitative estimate of drug-likeness (QED) is 0.858. The zero-order valence-electron chi connectivity index (χ0n) is 9.10. The number of nitrogens with two attached hydrogens (primary N) is 1. The number of ether oxygens (including phenoxy) is 1. The normalized spacial score (nSPS) is 9.47. The second kappa shape index (κ2) is 6.38. The number of para-hydroxylation sites is 1. The van der Waals surface area contributed by atoms with Crippen molar-refractivity contribution in [2.45, 2.75) is 6.61 Å². The molecule has 2 aromatic carbocycles. The highest BCUT2D eigenvalue weighted by atomic mass is 35.5. The first-order chi connectivity index (χ1) is 7.75. The monoisotopic (exact) mass is 269 g/mol. The third-order valence-corrected chi connectivity index (χ3v) is 2.49. The van der Waals surface area contributed by atoms with E-state index in [1.807, 2.05) is 42.5 Å². The second-order valence-corrected chi connectivity index (χ2v) is 3.87. The summed E-state index contributed by atoms with van der Waals surface area (Å²) in [4.78, 5) is 0. The van der Waals surface area contributed by atoms with E-state index in [-0.39, 0.29) is 12.4 Å². The van der Waals surface area contributed by atoms with Crippen molar-refractivity contribution in [1.82, 2.24) is 0 Å². The molecule has 0 saturated heterocycles. The molecule has 0 aliphatic carbocycles. The second-order valence-electron chi connectivity index (χ2n) is 3.46. The molecule has 0 radical (unpaired) electrons. The van der Waals surface area contributed by atoms with E-state index in [1.165, 1.54) is 0 Å². The van der Waals surface area contributed by atoms with Crippen LogP contribution in [0.15, 0.2) is 48.5 Å². The van der Waals surface area contributed by atoms with Gasteiger partial charge in [-0.25, -0.2) is 0 Å². The maximum absolute atomic E-state index is 5.97. The Labute approximate surface area is 112 Å². The smallest absolute Gasteiger partial charge is 0.138 e. The van der Waals surface area contributed by atoms with Gasteiger partial charge in [0, 0.05) is 5.69 Å². The summed E-state index contributed by atoms with van der Waals surface area (Å²) < 4.78 is 5.59. The van der Waals surface area contributed by atoms with E-state index >= 15 is 0 Å². The molecule has 0 fully saturated rings. The summed E-state index contributed by atoms with van der Waals surface area (Å²) in [5.74, 6) is 0.687. The molecule has 2 N–H and O–H groups in total. The lowest BCUT2D eigenvalue weighted by Gasteiger charge is -2.08. The third kappa shape index (κ3) is 3.84. The van der Waals surface area contributed by atoms with Gasteiger partial charge in [0.25, 0.3) is 0 Å². The van der Waals surface area contributed by atoms with Crippen LogP contribution in [0.1, 0.15) is 5.56 Å². The summed E-state index contributed by atoms with van der Waals surface area (Å²) in [5.41, 5.74) is 7.44. The lowest BCUT2D eigenvalue weighted by Crippen LogP contribution is -1.96. The van der Waals surface area contributed by atoms with Crippen LogP contribution in [0.3, 0.4) is 0 Å². The van der Waals surface area contributed by atoms with Crippen LogP contribution in [-0.2, 0) is 6.61 Å². The van der Waals surface area contributed by atoms with Crippen LogP contribution in [0.4, 0.5) is 5.69 Å². The van der Waals surface area contributed by atoms with Crippen LogP contribution in [-0.4, -0.2) is 0 Å². The zero-order valence-corrected chi connectivity index (χ0v) is 10.7. The number of halogens is 2. The molecule has 0 atom stereocenters. The molecule has 0 saturated carbocycles. The van der Waals surface area contributed by atoms with Crippen molar-refractivity contribution in [1.29, 1.82) is 0 Å². The van der Waals surface area contributed by atoms with Gasteiger partial charge >= 0.3 is 0 Å². The van der Waals surface area contributed by atoms with Crippen molar-refractivity contribution >= 4 is 29.7 Å². The molecule has 0 spiro atoms. The maximum Gasteiger partial charge on any atom is 0.138 e. The Bertz CT molecular complexity index is 488. The maximum atomic E-state index is 5.97. The Kier molecular flexibility index (Phi) is 5.13. The summed E-state index contributed by atoms with van der Waals surface area (Å²) in [7, 11) is 0. The van der Waals surface area contributed by atoms with Crippen molar-refractivity contribution in [2.75, 3.05) is 5.73 Å². The van der Waals surface area contributed by atoms with Gasteiger partial charge in [0.2, 0.25) is 0 Å². The summed E-state index contributed by atoms with van der Waals surface area (Å²) in [6.07, 6.45) is 0. The fourth-order valence-corrected chi connectivity index (χ4v) is 1.60. The standard InChI is InChI=1S/C13H12ClNO.ClH/c14-12-6-1-2-7-13(12)16-9-10-4-3-5-11(15)8-10;/h1-8H,9,15H2;1H. The molecule has 17 heavy (non-hydrogen) atoms. The van der Waals surface area contributed by atoms with Gasteiger partial charge in [0.1, 0.15) is 12.4 Å². The van der Waals surface area contributed by atoms with E-state index in [1.54, 1.807) is 6.07 Å². The minimum absolute atomic E-state index is 0. The Balaban J connectivity index is 0.00000144. The van der Waals surface area contributed by atoms with Crippen molar-refractivity contribution in [3.8, 4) is 5.75 Å². The molecule has 90 valence electrons. The predicted molar refractivity (Wildman–Crippen MR) is 73.9 cm³/mol. The first-order valence-electron chi connectivity index (χ1n) is 4.97. The van der Waals surface area contributed by atoms with Crippen molar-refractivity contribution < 1.29 is 4.74 Å². The van der Waals surface area contributed by atoms with Gasteiger partial charge in [0.15, 0.2) is 0 Å². The predicted octanol–water partition coefficient (Wildman–Crippen LogP) is 3.92. The van der Waals surface area contributed by atoms with E-state index in [0.29, 0.717) is 17.4 Å². The third-order valence-electron chi connectivity index (χ3n) is 2.18. The number of benzene rings is 2. The molecular formula is C13H13Cl2NO. The number of hydrogen-bond acceptors (Lipinski definition) is 2. The van der Waals surface area contributed by atoms with Crippen molar-refractivity contribution in [3.05, 3.63) is 59.1 Å². The van der Waals surface area contributed by atoms with Gasteiger partial charge in [-0.2, -0.15) is 0 Å². The van der Waals surface area contributed by atoms with Crippen molar-refractivity contribution in [3.63, 3.8) is 0 Å². The largest absolute Gasteiger partial charge is 0.487 e. The fourth-order valence-electron chi connectivity index (χ4n) is 1.41. The van der Waals surface area contributed by atoms with E-state index in [0.717, 1.165) is 11.3 Å². The van der Waals surface area contributed by atoms with Crippen LogP contribution in [0.5, 0.6) is 5.75 Å². The molecule has 2 aromatic rings. The molecule has 0 amide bonds. The summed E-state index contributed by atoms with van der Waals surface area (Å²) in [6, 6.07) is 15.0. The van der Waals surface area contributed by atoms with Gasteiger partial charge in [-0.05, 0) is 29.8 Å². The molecular weight excluding hydrogens is 257 g/mol. The summed E-state index contributed by atoms with van der Waals surface area (Å²) in [6.45, 7) is 0.467. The minimum atomic E-state index is 0. The molecule has 0 aromatic heterocycles. The molecule has 0 bridgehead atoms. The molecule has 0 heterocycles. The van der Waals surface area contributed by atoms with Gasteiger partial charge in [-0.3, -0.25) is 0 Å². The number of hydrogen-bond donors (Lipinski definition) is 1. The summed E-state index contributed by atoms with van der Waals surface area (Å²) in [5, 5.41) is 0.617. The molecule has 0 unspecified atom stereocenters. The molecule has 0 aliphatic rings.